The largest absolute Gasteiger partial charge is 0.309 e. The zero-order valence-electron chi connectivity index (χ0n) is 21.6. The maximum Gasteiger partial charge on any atom is 0.0613 e. The minimum Gasteiger partial charge on any atom is -0.309 e. The van der Waals surface area contributed by atoms with Gasteiger partial charge in [-0.3, -0.25) is 9.97 Å². The highest BCUT2D eigenvalue weighted by atomic mass is 15.0. The first-order chi connectivity index (χ1) is 19.9. The Hall–Kier alpha value is -5.48. The summed E-state index contributed by atoms with van der Waals surface area (Å²) in [5, 5.41) is 4.95. The molecule has 0 aliphatic rings. The van der Waals surface area contributed by atoms with Gasteiger partial charge in [-0.05, 0) is 47.5 Å². The number of aromatic nitrogens is 4. The van der Waals surface area contributed by atoms with Crippen LogP contribution in [0.15, 0.2) is 134 Å². The molecule has 40 heavy (non-hydrogen) atoms. The molecule has 4 aromatic carbocycles. The second kappa shape index (κ2) is 9.07. The van der Waals surface area contributed by atoms with Crippen molar-refractivity contribution < 1.29 is 0 Å². The van der Waals surface area contributed by atoms with Crippen molar-refractivity contribution >= 4 is 55.8 Å². The van der Waals surface area contributed by atoms with E-state index in [1.54, 1.807) is 0 Å². The second-order valence-electron chi connectivity index (χ2n) is 9.94. The average molecular weight is 513 g/mol. The SMILES string of the molecule is C(=C\c1cccc2c3ccccc3n(-c3ccncc3)c12)/c1cccc2c3ccccc3n(-c3ccncc3)c12. The monoisotopic (exact) mass is 512 g/mol. The molecule has 4 nitrogen and oxygen atoms in total. The van der Waals surface area contributed by atoms with Gasteiger partial charge in [-0.1, -0.05) is 84.9 Å². The third-order valence-electron chi connectivity index (χ3n) is 7.74. The molecule has 0 bridgehead atoms. The summed E-state index contributed by atoms with van der Waals surface area (Å²) in [6.45, 7) is 0. The van der Waals surface area contributed by atoms with E-state index in [1.165, 1.54) is 43.6 Å². The Balaban J connectivity index is 1.39. The predicted molar refractivity (Wildman–Crippen MR) is 166 cm³/mol. The van der Waals surface area contributed by atoms with E-state index in [4.69, 9.17) is 0 Å². The third-order valence-corrected chi connectivity index (χ3v) is 7.74. The molecule has 4 aromatic heterocycles. The lowest BCUT2D eigenvalue weighted by Crippen LogP contribution is -1.96. The first kappa shape index (κ1) is 22.5. The van der Waals surface area contributed by atoms with Gasteiger partial charge in [-0.25, -0.2) is 0 Å². The lowest BCUT2D eigenvalue weighted by atomic mass is 10.1. The van der Waals surface area contributed by atoms with Crippen molar-refractivity contribution in [2.75, 3.05) is 0 Å². The molecule has 0 atom stereocenters. The first-order valence-electron chi connectivity index (χ1n) is 13.4. The van der Waals surface area contributed by atoms with E-state index in [0.29, 0.717) is 0 Å². The van der Waals surface area contributed by atoms with Crippen molar-refractivity contribution in [3.05, 3.63) is 145 Å². The number of pyridine rings is 2. The Morgan fingerprint density at radius 3 is 1.25 bits per heavy atom. The van der Waals surface area contributed by atoms with Gasteiger partial charge in [0.25, 0.3) is 0 Å². The number of nitrogens with zero attached hydrogens (tertiary/aromatic N) is 4. The van der Waals surface area contributed by atoms with Gasteiger partial charge in [0.05, 0.1) is 22.1 Å². The molecule has 0 radical (unpaired) electrons. The zero-order chi connectivity index (χ0) is 26.5. The summed E-state index contributed by atoms with van der Waals surface area (Å²) >= 11 is 0. The number of benzene rings is 4. The van der Waals surface area contributed by atoms with E-state index in [1.807, 2.05) is 24.8 Å². The Bertz CT molecular complexity index is 2040. The minimum atomic E-state index is 1.10. The molecule has 0 N–H and O–H groups in total. The van der Waals surface area contributed by atoms with Crippen molar-refractivity contribution in [3.63, 3.8) is 0 Å². The van der Waals surface area contributed by atoms with Crippen molar-refractivity contribution in [2.45, 2.75) is 0 Å². The summed E-state index contributed by atoms with van der Waals surface area (Å²) in [5.74, 6) is 0. The molecule has 0 spiro atoms. The quantitative estimate of drug-likeness (QED) is 0.221. The third kappa shape index (κ3) is 3.40. The summed E-state index contributed by atoms with van der Waals surface area (Å²) in [6, 6.07) is 38.6. The molecule has 188 valence electrons. The van der Waals surface area contributed by atoms with Crippen LogP contribution in [0, 0.1) is 0 Å². The molecule has 0 unspecified atom stereocenters. The smallest absolute Gasteiger partial charge is 0.0613 e. The fourth-order valence-electron chi connectivity index (χ4n) is 6.06. The highest BCUT2D eigenvalue weighted by Gasteiger charge is 2.16. The van der Waals surface area contributed by atoms with Gasteiger partial charge >= 0.3 is 0 Å². The van der Waals surface area contributed by atoms with Gasteiger partial charge in [0.1, 0.15) is 0 Å². The van der Waals surface area contributed by atoms with Crippen LogP contribution >= 0.6 is 0 Å². The normalized spacial score (nSPS) is 11.9. The van der Waals surface area contributed by atoms with Gasteiger partial charge < -0.3 is 9.13 Å². The molecule has 0 saturated carbocycles. The van der Waals surface area contributed by atoms with E-state index in [-0.39, 0.29) is 0 Å². The van der Waals surface area contributed by atoms with Crippen molar-refractivity contribution in [3.8, 4) is 11.4 Å². The number of hydrogen-bond donors (Lipinski definition) is 0. The summed E-state index contributed by atoms with van der Waals surface area (Å²) in [6.07, 6.45) is 11.9. The molecular weight excluding hydrogens is 488 g/mol. The van der Waals surface area contributed by atoms with Crippen LogP contribution in [0.25, 0.3) is 67.1 Å². The van der Waals surface area contributed by atoms with E-state index in [2.05, 4.69) is 140 Å². The maximum atomic E-state index is 4.26. The summed E-state index contributed by atoms with van der Waals surface area (Å²) < 4.78 is 4.70. The predicted octanol–water partition coefficient (Wildman–Crippen LogP) is 8.84. The van der Waals surface area contributed by atoms with E-state index in [9.17, 15) is 0 Å². The topological polar surface area (TPSA) is 35.6 Å². The number of fused-ring (bicyclic) bond motifs is 6. The number of rotatable bonds is 4. The second-order valence-corrected chi connectivity index (χ2v) is 9.94. The van der Waals surface area contributed by atoms with Gasteiger partial charge in [0.15, 0.2) is 0 Å². The van der Waals surface area contributed by atoms with Crippen LogP contribution < -0.4 is 0 Å². The fraction of sp³-hybridized carbons (Fsp3) is 0. The van der Waals surface area contributed by atoms with Crippen LogP contribution in [-0.4, -0.2) is 19.1 Å². The highest BCUT2D eigenvalue weighted by Crippen LogP contribution is 2.37. The Labute approximate surface area is 231 Å². The van der Waals surface area contributed by atoms with E-state index in [0.717, 1.165) is 22.5 Å². The van der Waals surface area contributed by atoms with Crippen LogP contribution in [0.4, 0.5) is 0 Å². The maximum absolute atomic E-state index is 4.26. The molecule has 8 aromatic rings. The molecule has 0 amide bonds. The first-order valence-corrected chi connectivity index (χ1v) is 13.4. The van der Waals surface area contributed by atoms with Crippen LogP contribution in [0.2, 0.25) is 0 Å². The van der Waals surface area contributed by atoms with Crippen LogP contribution in [0.1, 0.15) is 11.1 Å². The lowest BCUT2D eigenvalue weighted by molar-refractivity contribution is 1.15. The molecule has 0 aliphatic heterocycles. The molecule has 4 heterocycles. The lowest BCUT2D eigenvalue weighted by Gasteiger charge is -2.10. The van der Waals surface area contributed by atoms with Gasteiger partial charge in [-0.2, -0.15) is 0 Å². The highest BCUT2D eigenvalue weighted by molar-refractivity contribution is 6.14. The summed E-state index contributed by atoms with van der Waals surface area (Å²) in [7, 11) is 0. The Kier molecular flexibility index (Phi) is 5.10. The van der Waals surface area contributed by atoms with Gasteiger partial charge in [0, 0.05) is 57.7 Å². The average Bonchev–Trinajstić information content (AvgIpc) is 3.55. The van der Waals surface area contributed by atoms with Crippen molar-refractivity contribution in [1.82, 2.24) is 19.1 Å². The van der Waals surface area contributed by atoms with Crippen molar-refractivity contribution in [1.29, 1.82) is 0 Å². The van der Waals surface area contributed by atoms with Gasteiger partial charge in [0.2, 0.25) is 0 Å². The Morgan fingerprint density at radius 1 is 0.400 bits per heavy atom. The zero-order valence-corrected chi connectivity index (χ0v) is 21.6. The molecule has 8 rings (SSSR count). The van der Waals surface area contributed by atoms with Crippen LogP contribution in [0.3, 0.4) is 0 Å². The van der Waals surface area contributed by atoms with Gasteiger partial charge in [-0.15, -0.1) is 0 Å². The standard InChI is InChI=1S/C36H24N4/c1-3-13-33-29(9-1)31-11-5-7-25(35(31)39(33)27-17-21-37-22-18-27)15-16-26-8-6-12-32-30-10-2-4-14-34(30)40(36(26)32)28-19-23-38-24-20-28/h1-24H/b16-15+. The molecule has 0 aliphatic carbocycles. The van der Waals surface area contributed by atoms with E-state index >= 15 is 0 Å². The summed E-state index contributed by atoms with van der Waals surface area (Å²) in [4.78, 5) is 8.52. The number of hydrogen-bond acceptors (Lipinski definition) is 2. The van der Waals surface area contributed by atoms with Crippen molar-refractivity contribution in [2.24, 2.45) is 0 Å². The van der Waals surface area contributed by atoms with E-state index < -0.39 is 0 Å². The summed E-state index contributed by atoms with van der Waals surface area (Å²) in [5.41, 5.74) is 9.27. The molecule has 0 saturated heterocycles. The Morgan fingerprint density at radius 2 is 0.800 bits per heavy atom. The van der Waals surface area contributed by atoms with Crippen LogP contribution in [0.5, 0.6) is 0 Å². The molecular formula is C36H24N4. The fourth-order valence-corrected chi connectivity index (χ4v) is 6.06. The molecule has 4 heteroatoms. The minimum absolute atomic E-state index is 1.10. The number of para-hydroxylation sites is 4. The molecule has 0 fully saturated rings. The van der Waals surface area contributed by atoms with Crippen LogP contribution in [-0.2, 0) is 0 Å².